The first kappa shape index (κ1) is 14.3. The first-order valence-electron chi connectivity index (χ1n) is 4.28. The quantitative estimate of drug-likeness (QED) is 0.639. The van der Waals surface area contributed by atoms with Gasteiger partial charge in [0, 0.05) is 5.69 Å². The molecule has 0 saturated carbocycles. The van der Waals surface area contributed by atoms with Crippen molar-refractivity contribution in [2.45, 2.75) is 12.3 Å². The Balaban J connectivity index is 2.77. The van der Waals surface area contributed by atoms with Crippen LogP contribution in [0, 0.1) is 5.82 Å². The summed E-state index contributed by atoms with van der Waals surface area (Å²) in [5, 5.41) is 1.23. The van der Waals surface area contributed by atoms with Crippen LogP contribution in [0.3, 0.4) is 0 Å². The van der Waals surface area contributed by atoms with Crippen LogP contribution < -0.4 is 5.32 Å². The summed E-state index contributed by atoms with van der Waals surface area (Å²) in [6.45, 7) is -1.30. The van der Waals surface area contributed by atoms with Gasteiger partial charge >= 0.3 is 12.3 Å². The Labute approximate surface area is 104 Å². The van der Waals surface area contributed by atoms with E-state index >= 15 is 0 Å². The lowest BCUT2D eigenvalue weighted by molar-refractivity contribution is -0.117. The Bertz CT molecular complexity index is 387. The van der Waals surface area contributed by atoms with Crippen molar-refractivity contribution in [1.29, 1.82) is 0 Å². The van der Waals surface area contributed by atoms with Gasteiger partial charge in [-0.1, -0.05) is 23.2 Å². The number of benzene rings is 1. The maximum atomic E-state index is 13.0. The van der Waals surface area contributed by atoms with Crippen LogP contribution in [-0.4, -0.2) is 18.9 Å². The third kappa shape index (κ3) is 3.61. The molecule has 0 radical (unpaired) electrons. The molecule has 0 bridgehead atoms. The van der Waals surface area contributed by atoms with Crippen molar-refractivity contribution in [3.8, 4) is 0 Å². The highest BCUT2D eigenvalue weighted by Gasteiger charge is 2.40. The third-order valence-corrected chi connectivity index (χ3v) is 2.38. The minimum Gasteiger partial charge on any atom is -0.379 e. The molecule has 17 heavy (non-hydrogen) atoms. The molecule has 0 aliphatic carbocycles. The molecule has 8 heteroatoms. The van der Waals surface area contributed by atoms with Gasteiger partial charge in [0.15, 0.2) is 5.82 Å². The van der Waals surface area contributed by atoms with E-state index in [0.29, 0.717) is 0 Å². The molecular weight excluding hydrogens is 288 g/mol. The normalized spacial score (nSPS) is 12.0. The molecule has 1 nitrogen and oxygen atoms in total. The van der Waals surface area contributed by atoms with Gasteiger partial charge in [-0.2, -0.15) is 8.78 Å². The van der Waals surface area contributed by atoms with E-state index in [4.69, 9.17) is 23.2 Å². The topological polar surface area (TPSA) is 12.0 Å². The van der Waals surface area contributed by atoms with Gasteiger partial charge in [0.25, 0.3) is 0 Å². The summed E-state index contributed by atoms with van der Waals surface area (Å²) in [6, 6.07) is 1.95. The molecule has 1 aromatic rings. The van der Waals surface area contributed by atoms with E-state index in [1.807, 2.05) is 5.32 Å². The van der Waals surface area contributed by atoms with Crippen molar-refractivity contribution in [2.75, 3.05) is 11.9 Å². The molecule has 0 fully saturated rings. The number of hydrogen-bond acceptors (Lipinski definition) is 1. The summed E-state index contributed by atoms with van der Waals surface area (Å²) in [4.78, 5) is 0. The molecule has 1 aromatic carbocycles. The molecular formula is C9H6Cl2F5N. The van der Waals surface area contributed by atoms with Crippen LogP contribution in [0.2, 0.25) is 10.0 Å². The number of halogens is 7. The van der Waals surface area contributed by atoms with E-state index in [9.17, 15) is 22.0 Å². The fourth-order valence-electron chi connectivity index (χ4n) is 0.955. The van der Waals surface area contributed by atoms with Crippen molar-refractivity contribution >= 4 is 28.9 Å². The fraction of sp³-hybridized carbons (Fsp3) is 0.333. The molecule has 0 unspecified atom stereocenters. The number of rotatable bonds is 4. The summed E-state index contributed by atoms with van der Waals surface area (Å²) in [5.74, 6) is -5.09. The molecule has 0 heterocycles. The minimum absolute atomic E-state index is 0.0678. The molecule has 0 spiro atoms. The van der Waals surface area contributed by atoms with Gasteiger partial charge in [0.2, 0.25) is 0 Å². The fourth-order valence-corrected chi connectivity index (χ4v) is 1.44. The predicted octanol–water partition coefficient (Wildman–Crippen LogP) is 4.44. The molecule has 0 aromatic heterocycles. The molecule has 0 aliphatic heterocycles. The Morgan fingerprint density at radius 3 is 2.06 bits per heavy atom. The Hall–Kier alpha value is -0.750. The van der Waals surface area contributed by atoms with E-state index in [2.05, 4.69) is 0 Å². The second-order valence-electron chi connectivity index (χ2n) is 3.17. The second kappa shape index (κ2) is 5.27. The van der Waals surface area contributed by atoms with Crippen LogP contribution in [0.4, 0.5) is 27.6 Å². The maximum absolute atomic E-state index is 13.0. The number of hydrogen-bond donors (Lipinski definition) is 1. The van der Waals surface area contributed by atoms with Gasteiger partial charge in [0.05, 0.1) is 16.6 Å². The van der Waals surface area contributed by atoms with Crippen molar-refractivity contribution in [1.82, 2.24) is 0 Å². The highest BCUT2D eigenvalue weighted by molar-refractivity contribution is 6.35. The van der Waals surface area contributed by atoms with E-state index in [1.54, 1.807) is 0 Å². The number of nitrogens with one attached hydrogen (secondary N) is 1. The molecule has 96 valence electrons. The Morgan fingerprint density at radius 1 is 1.18 bits per heavy atom. The van der Waals surface area contributed by atoms with Gasteiger partial charge in [-0.05, 0) is 12.1 Å². The predicted molar refractivity (Wildman–Crippen MR) is 55.9 cm³/mol. The first-order valence-corrected chi connectivity index (χ1v) is 5.04. The van der Waals surface area contributed by atoms with Crippen LogP contribution in [0.25, 0.3) is 0 Å². The average molecular weight is 294 g/mol. The summed E-state index contributed by atoms with van der Waals surface area (Å²) in [5.41, 5.74) is -0.0678. The Kier molecular flexibility index (Phi) is 4.43. The summed E-state index contributed by atoms with van der Waals surface area (Å²) in [7, 11) is 0. The largest absolute Gasteiger partial charge is 0.379 e. The molecule has 0 atom stereocenters. The second-order valence-corrected chi connectivity index (χ2v) is 3.98. The van der Waals surface area contributed by atoms with Crippen molar-refractivity contribution < 1.29 is 22.0 Å². The first-order chi connectivity index (χ1) is 7.74. The van der Waals surface area contributed by atoms with Crippen molar-refractivity contribution in [2.24, 2.45) is 0 Å². The van der Waals surface area contributed by atoms with E-state index < -0.39 is 24.7 Å². The molecule has 0 aliphatic rings. The lowest BCUT2D eigenvalue weighted by Gasteiger charge is -2.16. The molecule has 0 amide bonds. The number of alkyl halides is 4. The SMILES string of the molecule is Fc1c(Cl)cc(NCC(F)(F)C(F)F)cc1Cl. The Morgan fingerprint density at radius 2 is 1.65 bits per heavy atom. The zero-order valence-corrected chi connectivity index (χ0v) is 9.60. The third-order valence-electron chi connectivity index (χ3n) is 1.83. The highest BCUT2D eigenvalue weighted by Crippen LogP contribution is 2.29. The molecule has 0 saturated heterocycles. The minimum atomic E-state index is -4.19. The molecule has 1 N–H and O–H groups in total. The number of anilines is 1. The lowest BCUT2D eigenvalue weighted by Crippen LogP contribution is -2.34. The highest BCUT2D eigenvalue weighted by atomic mass is 35.5. The smallest absolute Gasteiger partial charge is 0.324 e. The zero-order valence-electron chi connectivity index (χ0n) is 8.08. The van der Waals surface area contributed by atoms with Crippen molar-refractivity contribution in [3.05, 3.63) is 28.0 Å². The van der Waals surface area contributed by atoms with Gasteiger partial charge in [-0.25, -0.2) is 13.2 Å². The van der Waals surface area contributed by atoms with Gasteiger partial charge in [-0.15, -0.1) is 0 Å². The van der Waals surface area contributed by atoms with E-state index in [1.165, 1.54) is 0 Å². The standard InChI is InChI=1S/C9H6Cl2F5N/c10-5-1-4(2-6(11)7(5)12)17-3-9(15,16)8(13)14/h1-2,8,17H,3H2. The van der Waals surface area contributed by atoms with Gasteiger partial charge in [0.1, 0.15) is 0 Å². The summed E-state index contributed by atoms with van der Waals surface area (Å²) in [6.07, 6.45) is -3.79. The van der Waals surface area contributed by atoms with E-state index in [0.717, 1.165) is 12.1 Å². The van der Waals surface area contributed by atoms with E-state index in [-0.39, 0.29) is 15.7 Å². The van der Waals surface area contributed by atoms with Crippen molar-refractivity contribution in [3.63, 3.8) is 0 Å². The van der Waals surface area contributed by atoms with Crippen LogP contribution in [0.5, 0.6) is 0 Å². The van der Waals surface area contributed by atoms with Gasteiger partial charge < -0.3 is 5.32 Å². The van der Waals surface area contributed by atoms with Crippen LogP contribution in [0.15, 0.2) is 12.1 Å². The zero-order chi connectivity index (χ0) is 13.2. The maximum Gasteiger partial charge on any atom is 0.324 e. The monoisotopic (exact) mass is 293 g/mol. The lowest BCUT2D eigenvalue weighted by atomic mass is 10.3. The summed E-state index contributed by atoms with van der Waals surface area (Å²) >= 11 is 10.8. The van der Waals surface area contributed by atoms with Crippen LogP contribution in [0.1, 0.15) is 0 Å². The van der Waals surface area contributed by atoms with Crippen LogP contribution in [-0.2, 0) is 0 Å². The van der Waals surface area contributed by atoms with Crippen LogP contribution >= 0.6 is 23.2 Å². The average Bonchev–Trinajstić information content (AvgIpc) is 2.22. The molecule has 1 rings (SSSR count). The summed E-state index contributed by atoms with van der Waals surface area (Å²) < 4.78 is 61.7. The van der Waals surface area contributed by atoms with Gasteiger partial charge in [-0.3, -0.25) is 0 Å².